The molecule has 2 aromatic rings. The SMILES string of the molecule is Nc1c(Sc2cccc(F)c2)cccc1C(=O)O. The minimum Gasteiger partial charge on any atom is -0.478 e. The molecule has 0 aromatic heterocycles. The van der Waals surface area contributed by atoms with Crippen LogP contribution in [0.25, 0.3) is 0 Å². The molecule has 0 aliphatic rings. The molecule has 0 bridgehead atoms. The van der Waals surface area contributed by atoms with E-state index in [4.69, 9.17) is 10.8 Å². The smallest absolute Gasteiger partial charge is 0.337 e. The summed E-state index contributed by atoms with van der Waals surface area (Å²) < 4.78 is 13.0. The van der Waals surface area contributed by atoms with Crippen LogP contribution in [0.15, 0.2) is 52.3 Å². The number of anilines is 1. The van der Waals surface area contributed by atoms with Gasteiger partial charge in [-0.25, -0.2) is 9.18 Å². The van der Waals surface area contributed by atoms with E-state index in [-0.39, 0.29) is 17.1 Å². The van der Waals surface area contributed by atoms with E-state index in [9.17, 15) is 9.18 Å². The first-order chi connectivity index (χ1) is 8.58. The number of halogens is 1. The van der Waals surface area contributed by atoms with Gasteiger partial charge in [0, 0.05) is 9.79 Å². The van der Waals surface area contributed by atoms with Crippen molar-refractivity contribution in [2.24, 2.45) is 0 Å². The van der Waals surface area contributed by atoms with E-state index in [0.717, 1.165) is 0 Å². The third kappa shape index (κ3) is 2.62. The lowest BCUT2D eigenvalue weighted by Crippen LogP contribution is -2.03. The molecule has 92 valence electrons. The Morgan fingerprint density at radius 2 is 1.94 bits per heavy atom. The zero-order valence-electron chi connectivity index (χ0n) is 9.26. The molecule has 0 heterocycles. The van der Waals surface area contributed by atoms with Crippen LogP contribution in [-0.4, -0.2) is 11.1 Å². The summed E-state index contributed by atoms with van der Waals surface area (Å²) in [6.45, 7) is 0. The zero-order chi connectivity index (χ0) is 13.1. The average Bonchev–Trinajstić information content (AvgIpc) is 2.31. The summed E-state index contributed by atoms with van der Waals surface area (Å²) in [5.41, 5.74) is 6.02. The second-order valence-corrected chi connectivity index (χ2v) is 4.70. The Hall–Kier alpha value is -2.01. The van der Waals surface area contributed by atoms with Gasteiger partial charge in [0.15, 0.2) is 0 Å². The van der Waals surface area contributed by atoms with E-state index in [0.29, 0.717) is 9.79 Å². The topological polar surface area (TPSA) is 63.3 Å². The molecule has 3 N–H and O–H groups in total. The first-order valence-electron chi connectivity index (χ1n) is 5.13. The molecular formula is C13H10FNO2S. The number of rotatable bonds is 3. The van der Waals surface area contributed by atoms with Crippen molar-refractivity contribution in [1.82, 2.24) is 0 Å². The number of carboxylic acid groups (broad SMARTS) is 1. The zero-order valence-corrected chi connectivity index (χ0v) is 10.1. The highest BCUT2D eigenvalue weighted by Gasteiger charge is 2.11. The van der Waals surface area contributed by atoms with Crippen molar-refractivity contribution < 1.29 is 14.3 Å². The van der Waals surface area contributed by atoms with Crippen LogP contribution in [0.3, 0.4) is 0 Å². The van der Waals surface area contributed by atoms with E-state index in [2.05, 4.69) is 0 Å². The van der Waals surface area contributed by atoms with Crippen LogP contribution in [-0.2, 0) is 0 Å². The minimum atomic E-state index is -1.07. The van der Waals surface area contributed by atoms with Gasteiger partial charge in [0.25, 0.3) is 0 Å². The van der Waals surface area contributed by atoms with Crippen molar-refractivity contribution >= 4 is 23.4 Å². The molecule has 0 radical (unpaired) electrons. The largest absolute Gasteiger partial charge is 0.478 e. The van der Waals surface area contributed by atoms with Crippen molar-refractivity contribution in [1.29, 1.82) is 0 Å². The first kappa shape index (κ1) is 12.4. The maximum atomic E-state index is 13.0. The van der Waals surface area contributed by atoms with Crippen LogP contribution >= 0.6 is 11.8 Å². The number of nitrogens with two attached hydrogens (primary N) is 1. The number of aromatic carboxylic acids is 1. The van der Waals surface area contributed by atoms with Crippen LogP contribution in [0.1, 0.15) is 10.4 Å². The second kappa shape index (κ2) is 5.10. The molecule has 0 amide bonds. The van der Waals surface area contributed by atoms with E-state index in [1.807, 2.05) is 0 Å². The molecule has 0 aliphatic heterocycles. The lowest BCUT2D eigenvalue weighted by Gasteiger charge is -2.07. The Labute approximate surface area is 107 Å². The Kier molecular flexibility index (Phi) is 3.53. The van der Waals surface area contributed by atoms with Gasteiger partial charge in [0.05, 0.1) is 11.3 Å². The number of hydrogen-bond acceptors (Lipinski definition) is 3. The van der Waals surface area contributed by atoms with E-state index < -0.39 is 5.97 Å². The Bertz CT molecular complexity index is 601. The van der Waals surface area contributed by atoms with Gasteiger partial charge in [0.1, 0.15) is 5.82 Å². The van der Waals surface area contributed by atoms with Gasteiger partial charge < -0.3 is 10.8 Å². The predicted octanol–water partition coefficient (Wildman–Crippen LogP) is 3.26. The monoisotopic (exact) mass is 263 g/mol. The summed E-state index contributed by atoms with van der Waals surface area (Å²) in [4.78, 5) is 12.2. The summed E-state index contributed by atoms with van der Waals surface area (Å²) in [6, 6.07) is 10.8. The molecule has 0 atom stereocenters. The fraction of sp³-hybridized carbons (Fsp3) is 0. The normalized spacial score (nSPS) is 10.3. The molecule has 3 nitrogen and oxygen atoms in total. The molecule has 0 spiro atoms. The van der Waals surface area contributed by atoms with E-state index >= 15 is 0 Å². The molecule has 0 saturated heterocycles. The molecule has 5 heteroatoms. The summed E-state index contributed by atoms with van der Waals surface area (Å²) in [5, 5.41) is 8.95. The van der Waals surface area contributed by atoms with Crippen LogP contribution in [0.2, 0.25) is 0 Å². The fourth-order valence-corrected chi connectivity index (χ4v) is 2.42. The fourth-order valence-electron chi connectivity index (χ4n) is 1.48. The molecule has 0 fully saturated rings. The van der Waals surface area contributed by atoms with Gasteiger partial charge in [-0.2, -0.15) is 0 Å². The van der Waals surface area contributed by atoms with Gasteiger partial charge in [-0.1, -0.05) is 23.9 Å². The molecular weight excluding hydrogens is 253 g/mol. The highest BCUT2D eigenvalue weighted by Crippen LogP contribution is 2.33. The lowest BCUT2D eigenvalue weighted by molar-refractivity contribution is 0.0698. The van der Waals surface area contributed by atoms with Crippen molar-refractivity contribution in [3.8, 4) is 0 Å². The maximum Gasteiger partial charge on any atom is 0.337 e. The van der Waals surface area contributed by atoms with Gasteiger partial charge in [-0.15, -0.1) is 0 Å². The third-order valence-electron chi connectivity index (χ3n) is 2.32. The molecule has 2 aromatic carbocycles. The van der Waals surface area contributed by atoms with Gasteiger partial charge in [-0.05, 0) is 30.3 Å². The highest BCUT2D eigenvalue weighted by atomic mass is 32.2. The van der Waals surface area contributed by atoms with Crippen LogP contribution in [0.5, 0.6) is 0 Å². The molecule has 18 heavy (non-hydrogen) atoms. The van der Waals surface area contributed by atoms with E-state index in [1.54, 1.807) is 24.3 Å². The Morgan fingerprint density at radius 3 is 2.61 bits per heavy atom. The van der Waals surface area contributed by atoms with Gasteiger partial charge in [-0.3, -0.25) is 0 Å². The number of carboxylic acids is 1. The lowest BCUT2D eigenvalue weighted by atomic mass is 10.2. The van der Waals surface area contributed by atoms with Crippen molar-refractivity contribution in [2.75, 3.05) is 5.73 Å². The maximum absolute atomic E-state index is 13.0. The summed E-state index contributed by atoms with van der Waals surface area (Å²) in [6.07, 6.45) is 0. The van der Waals surface area contributed by atoms with Crippen LogP contribution in [0.4, 0.5) is 10.1 Å². The third-order valence-corrected chi connectivity index (χ3v) is 3.39. The molecule has 0 saturated carbocycles. The standard InChI is InChI=1S/C13H10FNO2S/c14-8-3-1-4-9(7-8)18-11-6-2-5-10(12(11)15)13(16)17/h1-7H,15H2,(H,16,17). The Morgan fingerprint density at radius 1 is 1.22 bits per heavy atom. The average molecular weight is 263 g/mol. The Balaban J connectivity index is 2.35. The number of benzene rings is 2. The minimum absolute atomic E-state index is 0.0522. The number of carbonyl (C=O) groups is 1. The predicted molar refractivity (Wildman–Crippen MR) is 68.3 cm³/mol. The molecule has 0 aliphatic carbocycles. The summed E-state index contributed by atoms with van der Waals surface area (Å²) in [7, 11) is 0. The number of hydrogen-bond donors (Lipinski definition) is 2. The molecule has 2 rings (SSSR count). The summed E-state index contributed by atoms with van der Waals surface area (Å²) in [5.74, 6) is -1.41. The van der Waals surface area contributed by atoms with E-state index in [1.165, 1.54) is 30.0 Å². The van der Waals surface area contributed by atoms with Gasteiger partial charge in [0.2, 0.25) is 0 Å². The van der Waals surface area contributed by atoms with Crippen molar-refractivity contribution in [3.05, 3.63) is 53.8 Å². The molecule has 0 unspecified atom stereocenters. The van der Waals surface area contributed by atoms with Crippen molar-refractivity contribution in [3.63, 3.8) is 0 Å². The number of nitrogen functional groups attached to an aromatic ring is 1. The first-order valence-corrected chi connectivity index (χ1v) is 5.95. The second-order valence-electron chi connectivity index (χ2n) is 3.58. The quantitative estimate of drug-likeness (QED) is 0.834. The highest BCUT2D eigenvalue weighted by molar-refractivity contribution is 7.99. The van der Waals surface area contributed by atoms with Crippen molar-refractivity contribution in [2.45, 2.75) is 9.79 Å². The van der Waals surface area contributed by atoms with Crippen LogP contribution < -0.4 is 5.73 Å². The number of para-hydroxylation sites is 1. The van der Waals surface area contributed by atoms with Crippen LogP contribution in [0, 0.1) is 5.82 Å². The van der Waals surface area contributed by atoms with Gasteiger partial charge >= 0.3 is 5.97 Å². The summed E-state index contributed by atoms with van der Waals surface area (Å²) >= 11 is 1.23.